The summed E-state index contributed by atoms with van der Waals surface area (Å²) in [5.74, 6) is 17.6. The van der Waals surface area contributed by atoms with E-state index in [1.54, 1.807) is 11.1 Å². The van der Waals surface area contributed by atoms with Crippen molar-refractivity contribution in [2.45, 2.75) is 498 Å². The standard InChI is InChI=1S/C14H20O.C12H24O2.C12H22O.C12H24O.2C11H21NO.C11H22.C10H20O2.C10H20O.C10H18O.C9H19NO.C9H18O2/c1-11(2)13-5-3-4-6-14(13)12-7-9-15-10-8-12;1-10(2)8-12(9-13-3)11-4-6-14-7-5-11;1-9(2)3-4-10-7-11-5-6-12(8-10)13-11;1-10(2)5-6-11-7-8-13-12(3,4)9-11;1-10(2)3-4-11-5-7-12(9-13)8-6-11;1-10(2)5-6-11-4-3-7-12(8-11)9-13;1-10(2)8-9-11-6-4-3-5-7-11;1-9(2)3-8-12-10-4-6-11-7-5-10;3*1-9(2)3-4-10-5-7-11-8-6-10;1-8(2)3-4-9-7-10-5-6-11-9/h3-6,11-12H,7-10H2,1-2H3;10-12H,4-9H2,1-3H3;9-12H,3-8H2,1-2H3;10-11H,5-9H2,1-4H3;2*9-11H,3-8H2,1-2H3;10-11H,3-9H2,1-2H3;9-10H,3-8H2,1-2H3;9-10H,3-8H2,1-2H3;4,9H,3,5-8H2,1-2H3;9H,3-8H2,1-2H3;8-9H,3-7H2,1-2H3. The van der Waals surface area contributed by atoms with Crippen molar-refractivity contribution in [2.75, 3.05) is 172 Å². The Labute approximate surface area is 917 Å². The van der Waals surface area contributed by atoms with E-state index in [0.717, 1.165) is 321 Å². The fourth-order valence-electron chi connectivity index (χ4n) is 22.4. The molecule has 12 heterocycles. The van der Waals surface area contributed by atoms with Gasteiger partial charge in [0.05, 0.1) is 76.3 Å². The number of hydrogen-bond donors (Lipinski definition) is 0. The number of carbonyl (C=O) groups is 2. The molecular formula is C131H249N3O14. The average Bonchev–Trinajstić information content (AvgIpc) is 1.52. The highest BCUT2D eigenvalue weighted by atomic mass is 16.6. The molecular weight excluding hydrogens is 1840 g/mol. The smallest absolute Gasteiger partial charge is 0.209 e. The second-order valence-electron chi connectivity index (χ2n) is 52.5. The van der Waals surface area contributed by atoms with Gasteiger partial charge >= 0.3 is 0 Å². The van der Waals surface area contributed by atoms with Crippen LogP contribution in [0.2, 0.25) is 0 Å². The molecule has 872 valence electrons. The average molecular weight is 2090 g/mol. The van der Waals surface area contributed by atoms with Crippen molar-refractivity contribution in [3.8, 4) is 0 Å². The summed E-state index contributed by atoms with van der Waals surface area (Å²) in [6, 6.07) is 8.88. The van der Waals surface area contributed by atoms with E-state index in [2.05, 4.69) is 215 Å². The van der Waals surface area contributed by atoms with Crippen LogP contribution in [0.15, 0.2) is 35.9 Å². The van der Waals surface area contributed by atoms with Crippen LogP contribution in [0.4, 0.5) is 0 Å². The number of piperidine rings is 2. The zero-order valence-corrected chi connectivity index (χ0v) is 103. The van der Waals surface area contributed by atoms with Gasteiger partial charge in [-0.25, -0.2) is 0 Å². The SMILES string of the molecule is CC(C)CC=C1CCOCC1.CC(C)CCC1CC2CCC(C1)O2.CC(C)CCC1CCCCC1.CC(C)CCC1CCCN(C=O)C1.CC(C)CCC1CCN(C=O)CC1.CC(C)CCC1CCOC(C)(C)C1.CC(C)CCC1CCOCC1.CC(C)CCC1COCCO1.CC(C)CCN1CCOCC1.CC(C)CCOC1CCOCC1.CC(C)c1ccccc1C1CCOCC1.COCC(CC(C)C)C1CCOCC1. The van der Waals surface area contributed by atoms with Crippen LogP contribution in [0.5, 0.6) is 0 Å². The minimum Gasteiger partial charge on any atom is -0.384 e. The molecule has 1 aromatic carbocycles. The molecule has 6 atom stereocenters. The predicted molar refractivity (Wildman–Crippen MR) is 629 cm³/mol. The molecule has 1 saturated carbocycles. The van der Waals surface area contributed by atoms with Gasteiger partial charge in [0, 0.05) is 119 Å². The zero-order chi connectivity index (χ0) is 109. The molecule has 2 amide bonds. The van der Waals surface area contributed by atoms with Gasteiger partial charge in [-0.1, -0.05) is 305 Å². The summed E-state index contributed by atoms with van der Waals surface area (Å²) in [4.78, 5) is 27.3. The molecule has 6 unspecified atom stereocenters. The second kappa shape index (κ2) is 88.3. The molecule has 17 nitrogen and oxygen atoms in total. The Morgan fingerprint density at radius 3 is 1.33 bits per heavy atom. The van der Waals surface area contributed by atoms with Crippen LogP contribution in [0.25, 0.3) is 0 Å². The topological polar surface area (TPSA) is 155 Å². The normalized spacial score (nSPS) is 23.2. The Bertz CT molecular complexity index is 3010. The van der Waals surface area contributed by atoms with Gasteiger partial charge in [0.15, 0.2) is 0 Å². The largest absolute Gasteiger partial charge is 0.384 e. The molecule has 14 rings (SSSR count). The van der Waals surface area contributed by atoms with Crippen molar-refractivity contribution in [3.05, 3.63) is 47.0 Å². The number of fused-ring (bicyclic) bond motifs is 2. The van der Waals surface area contributed by atoms with Crippen LogP contribution in [0.1, 0.15) is 479 Å². The van der Waals surface area contributed by atoms with E-state index in [4.69, 9.17) is 56.8 Å². The highest BCUT2D eigenvalue weighted by molar-refractivity contribution is 5.47. The van der Waals surface area contributed by atoms with Crippen molar-refractivity contribution in [3.63, 3.8) is 0 Å². The van der Waals surface area contributed by atoms with Crippen molar-refractivity contribution < 1.29 is 66.4 Å². The Morgan fingerprint density at radius 1 is 0.392 bits per heavy atom. The van der Waals surface area contributed by atoms with Crippen LogP contribution in [0, 0.1) is 112 Å². The lowest BCUT2D eigenvalue weighted by molar-refractivity contribution is -0.120. The lowest BCUT2D eigenvalue weighted by Gasteiger charge is -2.35. The van der Waals surface area contributed by atoms with Crippen molar-refractivity contribution >= 4 is 12.8 Å². The maximum atomic E-state index is 10.6. The Morgan fingerprint density at radius 2 is 0.845 bits per heavy atom. The van der Waals surface area contributed by atoms with Crippen LogP contribution < -0.4 is 0 Å². The first-order valence-electron chi connectivity index (χ1n) is 62.9. The summed E-state index contributed by atoms with van der Waals surface area (Å²) in [5, 5.41) is 0. The maximum Gasteiger partial charge on any atom is 0.209 e. The van der Waals surface area contributed by atoms with E-state index in [1.807, 2.05) is 16.9 Å². The van der Waals surface area contributed by atoms with Crippen molar-refractivity contribution in [1.29, 1.82) is 0 Å². The minimum absolute atomic E-state index is 0.139. The molecule has 0 spiro atoms. The summed E-state index contributed by atoms with van der Waals surface area (Å²) in [6.45, 7) is 83.1. The summed E-state index contributed by atoms with van der Waals surface area (Å²) in [5.41, 5.74) is 4.81. The minimum atomic E-state index is 0.139. The van der Waals surface area contributed by atoms with E-state index in [9.17, 15) is 9.59 Å². The van der Waals surface area contributed by atoms with Gasteiger partial charge in [0.2, 0.25) is 12.8 Å². The molecule has 1 aliphatic carbocycles. The number of benzene rings is 1. The van der Waals surface area contributed by atoms with E-state index < -0.39 is 0 Å². The Hall–Kier alpha value is -2.62. The summed E-state index contributed by atoms with van der Waals surface area (Å²) in [6.07, 6.45) is 62.8. The molecule has 2 bridgehead atoms. The summed E-state index contributed by atoms with van der Waals surface area (Å²) < 4.78 is 65.3. The third-order valence-electron chi connectivity index (χ3n) is 32.3. The second-order valence-corrected chi connectivity index (χ2v) is 52.5. The number of methoxy groups -OCH3 is 1. The number of allylic oxidation sites excluding steroid dienone is 1. The zero-order valence-electron chi connectivity index (χ0n) is 103. The number of rotatable bonds is 39. The van der Waals surface area contributed by atoms with Crippen LogP contribution in [0.3, 0.4) is 0 Å². The number of carbonyl (C=O) groups excluding carboxylic acids is 2. The first kappa shape index (κ1) is 140. The number of likely N-dealkylation sites (tertiary alicyclic amines) is 2. The van der Waals surface area contributed by atoms with Gasteiger partial charge in [-0.2, -0.15) is 0 Å². The van der Waals surface area contributed by atoms with E-state index in [-0.39, 0.29) is 5.60 Å². The monoisotopic (exact) mass is 2090 g/mol. The lowest BCUT2D eigenvalue weighted by atomic mass is 9.81. The van der Waals surface area contributed by atoms with Gasteiger partial charge in [0.25, 0.3) is 0 Å². The molecule has 0 radical (unpaired) electrons. The van der Waals surface area contributed by atoms with Crippen molar-refractivity contribution in [1.82, 2.24) is 14.7 Å². The predicted octanol–water partition coefficient (Wildman–Crippen LogP) is 33.1. The summed E-state index contributed by atoms with van der Waals surface area (Å²) in [7, 11) is 1.81. The molecule has 0 aromatic heterocycles. The first-order chi connectivity index (χ1) is 70.9. The molecule has 17 heteroatoms. The van der Waals surface area contributed by atoms with E-state index in [0.29, 0.717) is 30.3 Å². The molecule has 13 fully saturated rings. The number of nitrogens with zero attached hydrogens (tertiary/aromatic N) is 3. The van der Waals surface area contributed by atoms with Crippen LogP contribution in [-0.4, -0.2) is 229 Å². The molecule has 13 aliphatic rings. The van der Waals surface area contributed by atoms with Gasteiger partial charge < -0.3 is 66.6 Å². The molecule has 1 aromatic rings. The van der Waals surface area contributed by atoms with Crippen LogP contribution in [-0.2, 0) is 66.4 Å². The van der Waals surface area contributed by atoms with Gasteiger partial charge in [-0.05, 0) is 329 Å². The highest BCUT2D eigenvalue weighted by Gasteiger charge is 2.36. The fourth-order valence-corrected chi connectivity index (χ4v) is 22.4. The molecule has 0 N–H and O–H groups in total. The number of hydrogen-bond acceptors (Lipinski definition) is 15. The maximum absolute atomic E-state index is 10.6. The Kier molecular flexibility index (Phi) is 83.2. The number of morpholine rings is 1. The Balaban J connectivity index is 0.000000415. The van der Waals surface area contributed by atoms with Crippen molar-refractivity contribution in [2.24, 2.45) is 112 Å². The molecule has 148 heavy (non-hydrogen) atoms. The van der Waals surface area contributed by atoms with Gasteiger partial charge in [-0.3, -0.25) is 14.5 Å². The lowest BCUT2D eigenvalue weighted by Crippen LogP contribution is -2.37. The quantitative estimate of drug-likeness (QED) is 0.0453. The fraction of sp³-hybridized carbons (Fsp3) is 0.924. The third-order valence-corrected chi connectivity index (χ3v) is 32.3. The molecule has 12 saturated heterocycles. The highest BCUT2D eigenvalue weighted by Crippen LogP contribution is 2.40. The van der Waals surface area contributed by atoms with Gasteiger partial charge in [0.1, 0.15) is 0 Å². The van der Waals surface area contributed by atoms with E-state index in [1.165, 1.54) is 256 Å². The first-order valence-corrected chi connectivity index (χ1v) is 62.9. The molecule has 12 aliphatic heterocycles. The number of ether oxygens (including phenoxy) is 12. The van der Waals surface area contributed by atoms with E-state index >= 15 is 0 Å². The summed E-state index contributed by atoms with van der Waals surface area (Å²) >= 11 is 0. The van der Waals surface area contributed by atoms with Gasteiger partial charge in [-0.15, -0.1) is 0 Å². The number of amides is 2. The third kappa shape index (κ3) is 76.1. The van der Waals surface area contributed by atoms with Crippen LogP contribution >= 0.6 is 0 Å².